The standard InChI is InChI=1S/C11H16N2OS.ClH/c12-7-8-1-3-9(4-2-8)10(14)11-13-5-6-15-11;/h5-6,8-9H,1-4,7,12H2;1H. The molecule has 0 amide bonds. The number of Topliss-reactive ketones (excluding diaryl/α,β-unsaturated/α-hetero) is 1. The summed E-state index contributed by atoms with van der Waals surface area (Å²) in [6.07, 6.45) is 5.86. The van der Waals surface area contributed by atoms with Gasteiger partial charge in [-0.05, 0) is 38.1 Å². The lowest BCUT2D eigenvalue weighted by atomic mass is 9.80. The number of ketones is 1. The molecule has 0 saturated heterocycles. The van der Waals surface area contributed by atoms with Crippen molar-refractivity contribution in [2.24, 2.45) is 17.6 Å². The van der Waals surface area contributed by atoms with E-state index in [0.717, 1.165) is 32.2 Å². The summed E-state index contributed by atoms with van der Waals surface area (Å²) in [5, 5.41) is 2.53. The van der Waals surface area contributed by atoms with Gasteiger partial charge in [0.2, 0.25) is 0 Å². The molecule has 1 aromatic rings. The van der Waals surface area contributed by atoms with Gasteiger partial charge in [-0.1, -0.05) is 0 Å². The van der Waals surface area contributed by atoms with Crippen molar-refractivity contribution in [3.63, 3.8) is 0 Å². The van der Waals surface area contributed by atoms with Crippen molar-refractivity contribution in [3.05, 3.63) is 16.6 Å². The molecule has 1 aliphatic rings. The third-order valence-corrected chi connectivity index (χ3v) is 3.98. The summed E-state index contributed by atoms with van der Waals surface area (Å²) in [6.45, 7) is 0.762. The molecule has 1 fully saturated rings. The maximum absolute atomic E-state index is 12.0. The highest BCUT2D eigenvalue weighted by Gasteiger charge is 2.27. The van der Waals surface area contributed by atoms with Gasteiger partial charge in [0.05, 0.1) is 0 Å². The van der Waals surface area contributed by atoms with E-state index in [1.54, 1.807) is 6.20 Å². The molecule has 0 radical (unpaired) electrons. The van der Waals surface area contributed by atoms with E-state index in [-0.39, 0.29) is 24.1 Å². The normalized spacial score (nSPS) is 24.8. The zero-order valence-electron chi connectivity index (χ0n) is 9.09. The van der Waals surface area contributed by atoms with Crippen LogP contribution in [-0.4, -0.2) is 17.3 Å². The van der Waals surface area contributed by atoms with Gasteiger partial charge in [-0.3, -0.25) is 4.79 Å². The lowest BCUT2D eigenvalue weighted by Gasteiger charge is -2.25. The summed E-state index contributed by atoms with van der Waals surface area (Å²) < 4.78 is 0. The minimum absolute atomic E-state index is 0. The molecule has 1 aliphatic carbocycles. The molecule has 5 heteroatoms. The lowest BCUT2D eigenvalue weighted by Crippen LogP contribution is -2.25. The first-order chi connectivity index (χ1) is 7.31. The Morgan fingerprint density at radius 1 is 1.44 bits per heavy atom. The summed E-state index contributed by atoms with van der Waals surface area (Å²) in [4.78, 5) is 16.0. The number of nitrogens with zero attached hydrogens (tertiary/aromatic N) is 1. The van der Waals surface area contributed by atoms with Crippen LogP contribution in [0.5, 0.6) is 0 Å². The Morgan fingerprint density at radius 2 is 2.12 bits per heavy atom. The van der Waals surface area contributed by atoms with Gasteiger partial charge >= 0.3 is 0 Å². The Hall–Kier alpha value is -0.450. The zero-order chi connectivity index (χ0) is 10.7. The fourth-order valence-corrected chi connectivity index (χ4v) is 2.84. The topological polar surface area (TPSA) is 56.0 Å². The molecule has 2 N–H and O–H groups in total. The second-order valence-corrected chi connectivity index (χ2v) is 5.05. The van der Waals surface area contributed by atoms with E-state index in [0.29, 0.717) is 10.9 Å². The molecule has 0 aliphatic heterocycles. The lowest BCUT2D eigenvalue weighted by molar-refractivity contribution is 0.0873. The summed E-state index contributed by atoms with van der Waals surface area (Å²) in [5.41, 5.74) is 5.62. The maximum atomic E-state index is 12.0. The molecule has 2 rings (SSSR count). The fraction of sp³-hybridized carbons (Fsp3) is 0.636. The number of nitrogens with two attached hydrogens (primary N) is 1. The maximum Gasteiger partial charge on any atom is 0.194 e. The van der Waals surface area contributed by atoms with Crippen molar-refractivity contribution in [3.8, 4) is 0 Å². The quantitative estimate of drug-likeness (QED) is 0.850. The highest BCUT2D eigenvalue weighted by Crippen LogP contribution is 2.30. The van der Waals surface area contributed by atoms with Crippen molar-refractivity contribution < 1.29 is 4.79 Å². The van der Waals surface area contributed by atoms with E-state index in [2.05, 4.69) is 4.98 Å². The van der Waals surface area contributed by atoms with Crippen LogP contribution in [0.3, 0.4) is 0 Å². The van der Waals surface area contributed by atoms with Crippen LogP contribution in [0.1, 0.15) is 35.5 Å². The zero-order valence-corrected chi connectivity index (χ0v) is 10.7. The molecule has 0 atom stereocenters. The molecule has 1 aromatic heterocycles. The number of hydrogen-bond acceptors (Lipinski definition) is 4. The van der Waals surface area contributed by atoms with Crippen LogP contribution < -0.4 is 5.73 Å². The molecule has 3 nitrogen and oxygen atoms in total. The average Bonchev–Trinajstić information content (AvgIpc) is 2.82. The minimum atomic E-state index is 0. The smallest absolute Gasteiger partial charge is 0.194 e. The number of rotatable bonds is 3. The van der Waals surface area contributed by atoms with E-state index in [1.165, 1.54) is 11.3 Å². The fourth-order valence-electron chi connectivity index (χ4n) is 2.18. The third-order valence-electron chi connectivity index (χ3n) is 3.19. The second-order valence-electron chi connectivity index (χ2n) is 4.15. The number of aromatic nitrogens is 1. The van der Waals surface area contributed by atoms with Crippen molar-refractivity contribution in [2.45, 2.75) is 25.7 Å². The number of carbonyl (C=O) groups excluding carboxylic acids is 1. The Kier molecular flexibility index (Phi) is 5.38. The molecule has 90 valence electrons. The molecule has 1 saturated carbocycles. The summed E-state index contributed by atoms with van der Waals surface area (Å²) in [7, 11) is 0. The number of carbonyl (C=O) groups is 1. The van der Waals surface area contributed by atoms with Gasteiger partial charge in [-0.2, -0.15) is 0 Å². The van der Waals surface area contributed by atoms with Gasteiger partial charge in [0.25, 0.3) is 0 Å². The van der Waals surface area contributed by atoms with Crippen LogP contribution in [0.15, 0.2) is 11.6 Å². The SMILES string of the molecule is Cl.NCC1CCC(C(=O)c2nccs2)CC1. The largest absolute Gasteiger partial charge is 0.330 e. The Morgan fingerprint density at radius 3 is 2.62 bits per heavy atom. The van der Waals surface area contributed by atoms with Gasteiger partial charge in [0.1, 0.15) is 0 Å². The van der Waals surface area contributed by atoms with Gasteiger partial charge in [0, 0.05) is 17.5 Å². The van der Waals surface area contributed by atoms with E-state index < -0.39 is 0 Å². The first-order valence-corrected chi connectivity index (χ1v) is 6.33. The van der Waals surface area contributed by atoms with Crippen LogP contribution in [0.2, 0.25) is 0 Å². The number of hydrogen-bond donors (Lipinski definition) is 1. The molecular formula is C11H17ClN2OS. The predicted molar refractivity (Wildman–Crippen MR) is 68.2 cm³/mol. The molecule has 1 heterocycles. The van der Waals surface area contributed by atoms with E-state index in [9.17, 15) is 4.79 Å². The van der Waals surface area contributed by atoms with Gasteiger partial charge in [0.15, 0.2) is 10.8 Å². The van der Waals surface area contributed by atoms with Crippen molar-refractivity contribution >= 4 is 29.5 Å². The molecule has 0 aromatic carbocycles. The Labute approximate surface area is 106 Å². The Balaban J connectivity index is 0.00000128. The first kappa shape index (κ1) is 13.6. The summed E-state index contributed by atoms with van der Waals surface area (Å²) in [5.74, 6) is 1.06. The minimum Gasteiger partial charge on any atom is -0.330 e. The number of thiazole rings is 1. The number of halogens is 1. The first-order valence-electron chi connectivity index (χ1n) is 5.45. The van der Waals surface area contributed by atoms with Crippen LogP contribution in [-0.2, 0) is 0 Å². The molecule has 16 heavy (non-hydrogen) atoms. The van der Waals surface area contributed by atoms with E-state index in [4.69, 9.17) is 5.73 Å². The molecule has 0 bridgehead atoms. The van der Waals surface area contributed by atoms with Crippen LogP contribution in [0.4, 0.5) is 0 Å². The Bertz CT molecular complexity index is 321. The monoisotopic (exact) mass is 260 g/mol. The van der Waals surface area contributed by atoms with Crippen LogP contribution in [0, 0.1) is 11.8 Å². The van der Waals surface area contributed by atoms with Gasteiger partial charge < -0.3 is 5.73 Å². The van der Waals surface area contributed by atoms with E-state index in [1.807, 2.05) is 5.38 Å². The average molecular weight is 261 g/mol. The summed E-state index contributed by atoms with van der Waals surface area (Å²) in [6, 6.07) is 0. The van der Waals surface area contributed by atoms with Crippen LogP contribution >= 0.6 is 23.7 Å². The van der Waals surface area contributed by atoms with Crippen molar-refractivity contribution in [1.29, 1.82) is 0 Å². The second kappa shape index (κ2) is 6.33. The van der Waals surface area contributed by atoms with Crippen LogP contribution in [0.25, 0.3) is 0 Å². The van der Waals surface area contributed by atoms with Crippen molar-refractivity contribution in [2.75, 3.05) is 6.54 Å². The van der Waals surface area contributed by atoms with E-state index >= 15 is 0 Å². The third kappa shape index (κ3) is 3.03. The van der Waals surface area contributed by atoms with Gasteiger partial charge in [-0.25, -0.2) is 4.98 Å². The molecule has 0 unspecified atom stereocenters. The highest BCUT2D eigenvalue weighted by molar-refractivity contribution is 7.11. The van der Waals surface area contributed by atoms with Gasteiger partial charge in [-0.15, -0.1) is 23.7 Å². The highest BCUT2D eigenvalue weighted by atomic mass is 35.5. The molecular weight excluding hydrogens is 244 g/mol. The summed E-state index contributed by atoms with van der Waals surface area (Å²) >= 11 is 1.45. The van der Waals surface area contributed by atoms with Crippen molar-refractivity contribution in [1.82, 2.24) is 4.98 Å². The molecule has 0 spiro atoms. The predicted octanol–water partition coefficient (Wildman–Crippen LogP) is 2.51.